The Balaban J connectivity index is 1.56. The summed E-state index contributed by atoms with van der Waals surface area (Å²) in [6.45, 7) is 7.13. The molecular formula is C17H24O6. The van der Waals surface area contributed by atoms with E-state index in [1.54, 1.807) is 13.8 Å². The molecule has 3 rings (SSSR count). The number of hydrogen-bond donors (Lipinski definition) is 0. The van der Waals surface area contributed by atoms with E-state index in [-0.39, 0.29) is 29.8 Å². The predicted octanol–water partition coefficient (Wildman–Crippen LogP) is 1.71. The van der Waals surface area contributed by atoms with Crippen LogP contribution in [0.2, 0.25) is 0 Å². The topological polar surface area (TPSA) is 78.9 Å². The molecule has 3 aliphatic rings. The molecule has 1 aliphatic heterocycles. The van der Waals surface area contributed by atoms with E-state index in [1.807, 2.05) is 6.92 Å². The summed E-state index contributed by atoms with van der Waals surface area (Å²) >= 11 is 0. The van der Waals surface area contributed by atoms with Gasteiger partial charge >= 0.3 is 17.9 Å². The van der Waals surface area contributed by atoms with Crippen LogP contribution >= 0.6 is 0 Å². The van der Waals surface area contributed by atoms with E-state index in [4.69, 9.17) is 14.2 Å². The minimum Gasteiger partial charge on any atom is -0.458 e. The first-order chi connectivity index (χ1) is 10.8. The van der Waals surface area contributed by atoms with Gasteiger partial charge in [0.2, 0.25) is 0 Å². The molecule has 0 aromatic carbocycles. The maximum absolute atomic E-state index is 12.0. The third-order valence-electron chi connectivity index (χ3n) is 5.98. The number of carbonyl (C=O) groups excluding carboxylic acids is 3. The molecule has 6 unspecified atom stereocenters. The Morgan fingerprint density at radius 2 is 2.04 bits per heavy atom. The third-order valence-corrected chi connectivity index (χ3v) is 5.98. The lowest BCUT2D eigenvalue weighted by Gasteiger charge is -2.25. The molecule has 0 amide bonds. The molecule has 0 radical (unpaired) electrons. The van der Waals surface area contributed by atoms with E-state index in [2.05, 4.69) is 6.92 Å². The quantitative estimate of drug-likeness (QED) is 0.566. The fourth-order valence-electron chi connectivity index (χ4n) is 4.17. The average molecular weight is 324 g/mol. The SMILES string of the molecule is CCC(C)(C)C(=O)OCC(=O)OC1C2CC3C(=O)OC1C3C2C. The molecule has 0 aromatic rings. The van der Waals surface area contributed by atoms with E-state index in [9.17, 15) is 14.4 Å². The summed E-state index contributed by atoms with van der Waals surface area (Å²) < 4.78 is 15.9. The number of esters is 3. The van der Waals surface area contributed by atoms with Crippen LogP contribution in [0.15, 0.2) is 0 Å². The Morgan fingerprint density at radius 1 is 1.35 bits per heavy atom. The van der Waals surface area contributed by atoms with Gasteiger partial charge in [-0.25, -0.2) is 4.79 Å². The number of ether oxygens (including phenoxy) is 3. The van der Waals surface area contributed by atoms with Gasteiger partial charge < -0.3 is 14.2 Å². The van der Waals surface area contributed by atoms with Crippen molar-refractivity contribution >= 4 is 17.9 Å². The van der Waals surface area contributed by atoms with Gasteiger partial charge in [-0.05, 0) is 32.6 Å². The monoisotopic (exact) mass is 324 g/mol. The van der Waals surface area contributed by atoms with E-state index < -0.39 is 30.1 Å². The standard InChI is InChI=1S/C17H24O6/c1-5-17(3,4)16(20)21-7-11(18)22-13-9-6-10-12(8(9)2)14(13)23-15(10)19/h8-10,12-14H,5-7H2,1-4H3. The van der Waals surface area contributed by atoms with Crippen molar-refractivity contribution in [2.75, 3.05) is 6.61 Å². The van der Waals surface area contributed by atoms with Gasteiger partial charge in [0.25, 0.3) is 0 Å². The maximum Gasteiger partial charge on any atom is 0.344 e. The normalized spacial score (nSPS) is 37.7. The van der Waals surface area contributed by atoms with Crippen LogP contribution in [-0.4, -0.2) is 36.7 Å². The summed E-state index contributed by atoms with van der Waals surface area (Å²) in [5, 5.41) is 0. The first-order valence-electron chi connectivity index (χ1n) is 8.33. The zero-order chi connectivity index (χ0) is 16.9. The van der Waals surface area contributed by atoms with E-state index in [0.717, 1.165) is 6.42 Å². The first kappa shape index (κ1) is 16.3. The van der Waals surface area contributed by atoms with Crippen molar-refractivity contribution in [3.8, 4) is 0 Å². The second-order valence-corrected chi connectivity index (χ2v) is 7.61. The molecule has 3 fully saturated rings. The van der Waals surface area contributed by atoms with Gasteiger partial charge in [0.05, 0.1) is 11.3 Å². The van der Waals surface area contributed by atoms with Crippen LogP contribution in [0.1, 0.15) is 40.5 Å². The van der Waals surface area contributed by atoms with Crippen LogP contribution in [0.5, 0.6) is 0 Å². The van der Waals surface area contributed by atoms with Crippen LogP contribution in [0.3, 0.4) is 0 Å². The van der Waals surface area contributed by atoms with Crippen LogP contribution in [0, 0.1) is 29.1 Å². The summed E-state index contributed by atoms with van der Waals surface area (Å²) in [4.78, 5) is 35.7. The molecule has 2 saturated carbocycles. The van der Waals surface area contributed by atoms with E-state index >= 15 is 0 Å². The molecule has 0 N–H and O–H groups in total. The molecule has 2 bridgehead atoms. The third kappa shape index (κ3) is 2.52. The van der Waals surface area contributed by atoms with Crippen molar-refractivity contribution in [2.24, 2.45) is 29.1 Å². The summed E-state index contributed by atoms with van der Waals surface area (Å²) in [6.07, 6.45) is 0.627. The van der Waals surface area contributed by atoms with Crippen molar-refractivity contribution in [3.05, 3.63) is 0 Å². The first-order valence-corrected chi connectivity index (χ1v) is 8.33. The minimum atomic E-state index is -0.616. The largest absolute Gasteiger partial charge is 0.458 e. The molecule has 23 heavy (non-hydrogen) atoms. The zero-order valence-electron chi connectivity index (χ0n) is 14.0. The van der Waals surface area contributed by atoms with E-state index in [0.29, 0.717) is 12.3 Å². The number of rotatable bonds is 5. The maximum atomic E-state index is 12.0. The predicted molar refractivity (Wildman–Crippen MR) is 79.0 cm³/mol. The van der Waals surface area contributed by atoms with Gasteiger partial charge in [0.1, 0.15) is 12.2 Å². The number of carbonyl (C=O) groups is 3. The molecule has 6 nitrogen and oxygen atoms in total. The summed E-state index contributed by atoms with van der Waals surface area (Å²) in [6, 6.07) is 0. The lowest BCUT2D eigenvalue weighted by molar-refractivity contribution is -0.173. The molecule has 0 aromatic heterocycles. The molecule has 2 aliphatic carbocycles. The number of hydrogen-bond acceptors (Lipinski definition) is 6. The van der Waals surface area contributed by atoms with Gasteiger partial charge in [-0.3, -0.25) is 9.59 Å². The van der Waals surface area contributed by atoms with Gasteiger partial charge in [-0.1, -0.05) is 13.8 Å². The van der Waals surface area contributed by atoms with Crippen molar-refractivity contribution < 1.29 is 28.6 Å². The van der Waals surface area contributed by atoms with Crippen LogP contribution < -0.4 is 0 Å². The Labute approximate surface area is 135 Å². The van der Waals surface area contributed by atoms with Gasteiger partial charge in [-0.2, -0.15) is 0 Å². The van der Waals surface area contributed by atoms with E-state index in [1.165, 1.54) is 0 Å². The molecule has 1 heterocycles. The van der Waals surface area contributed by atoms with Crippen LogP contribution in [-0.2, 0) is 28.6 Å². The highest BCUT2D eigenvalue weighted by Gasteiger charge is 2.66. The molecule has 6 atom stereocenters. The molecule has 128 valence electrons. The Hall–Kier alpha value is -1.59. The summed E-state index contributed by atoms with van der Waals surface area (Å²) in [5.41, 5.74) is -0.616. The number of fused-ring (bicyclic) bond motifs is 1. The Morgan fingerprint density at radius 3 is 2.70 bits per heavy atom. The minimum absolute atomic E-state index is 0.0295. The van der Waals surface area contributed by atoms with Gasteiger partial charge in [0.15, 0.2) is 6.61 Å². The van der Waals surface area contributed by atoms with Gasteiger partial charge in [-0.15, -0.1) is 0 Å². The van der Waals surface area contributed by atoms with Gasteiger partial charge in [0, 0.05) is 11.8 Å². The summed E-state index contributed by atoms with van der Waals surface area (Å²) in [5.74, 6) is -0.543. The van der Waals surface area contributed by atoms with Crippen LogP contribution in [0.25, 0.3) is 0 Å². The molecule has 6 heteroatoms. The fraction of sp³-hybridized carbons (Fsp3) is 0.824. The highest BCUT2D eigenvalue weighted by atomic mass is 16.6. The highest BCUT2D eigenvalue weighted by Crippen LogP contribution is 2.58. The van der Waals surface area contributed by atoms with Crippen molar-refractivity contribution in [2.45, 2.75) is 52.7 Å². The van der Waals surface area contributed by atoms with Crippen LogP contribution in [0.4, 0.5) is 0 Å². The molecule has 1 saturated heterocycles. The summed E-state index contributed by atoms with van der Waals surface area (Å²) in [7, 11) is 0. The Kier molecular flexibility index (Phi) is 3.89. The zero-order valence-corrected chi connectivity index (χ0v) is 14.0. The second kappa shape index (κ2) is 5.49. The molecule has 0 spiro atoms. The lowest BCUT2D eigenvalue weighted by Crippen LogP contribution is -2.37. The average Bonchev–Trinajstić information content (AvgIpc) is 3.05. The highest BCUT2D eigenvalue weighted by molar-refractivity contribution is 5.80. The molecular weight excluding hydrogens is 300 g/mol. The Bertz CT molecular complexity index is 539. The van der Waals surface area contributed by atoms with Crippen molar-refractivity contribution in [1.29, 1.82) is 0 Å². The van der Waals surface area contributed by atoms with Crippen molar-refractivity contribution in [3.63, 3.8) is 0 Å². The lowest BCUT2D eigenvalue weighted by atomic mass is 9.88. The fourth-order valence-corrected chi connectivity index (χ4v) is 4.17. The second-order valence-electron chi connectivity index (χ2n) is 7.61. The van der Waals surface area contributed by atoms with Crippen molar-refractivity contribution in [1.82, 2.24) is 0 Å². The smallest absolute Gasteiger partial charge is 0.344 e.